The summed E-state index contributed by atoms with van der Waals surface area (Å²) in [6.45, 7) is 1.64. The number of pyridine rings is 1. The van der Waals surface area contributed by atoms with Crippen LogP contribution in [0.1, 0.15) is 16.8 Å². The summed E-state index contributed by atoms with van der Waals surface area (Å²) in [6, 6.07) is 8.52. The summed E-state index contributed by atoms with van der Waals surface area (Å²) < 4.78 is 5.05. The fraction of sp³-hybridized carbons (Fsp3) is 0.250. The van der Waals surface area contributed by atoms with Crippen molar-refractivity contribution in [3.05, 3.63) is 80.0 Å². The van der Waals surface area contributed by atoms with Crippen LogP contribution in [-0.2, 0) is 19.5 Å². The number of fused-ring (bicyclic) bond motifs is 1. The van der Waals surface area contributed by atoms with E-state index in [0.29, 0.717) is 37.4 Å². The number of aromatic amines is 1. The number of nitro groups is 1. The van der Waals surface area contributed by atoms with Crippen molar-refractivity contribution < 1.29 is 9.66 Å². The van der Waals surface area contributed by atoms with E-state index in [9.17, 15) is 14.9 Å². The van der Waals surface area contributed by atoms with Crippen LogP contribution in [0.2, 0.25) is 0 Å². The predicted octanol–water partition coefficient (Wildman–Crippen LogP) is 2.31. The minimum absolute atomic E-state index is 0.0658. The Balaban J connectivity index is 1.56. The van der Waals surface area contributed by atoms with Crippen LogP contribution in [-0.4, -0.2) is 38.4 Å². The molecule has 9 nitrogen and oxygen atoms in total. The molecule has 0 fully saturated rings. The molecule has 0 bridgehead atoms. The highest BCUT2D eigenvalue weighted by atomic mass is 16.6. The number of methoxy groups -OCH3 is 1. The highest BCUT2D eigenvalue weighted by molar-refractivity contribution is 5.54. The second kappa shape index (κ2) is 7.80. The standard InChI is InChI=1S/C20H19N5O4/c1-29-18-3-2-13(10-17(18)25(27)28)11-24-9-6-16-15(12-24)20(26)23-19(22-16)14-4-7-21-8-5-14/h2-5,7-8,10H,6,9,11-12H2,1H3,(H,22,23,26). The Morgan fingerprint density at radius 1 is 1.28 bits per heavy atom. The largest absolute Gasteiger partial charge is 0.490 e. The predicted molar refractivity (Wildman–Crippen MR) is 106 cm³/mol. The first-order valence-electron chi connectivity index (χ1n) is 9.11. The van der Waals surface area contributed by atoms with Gasteiger partial charge in [0.15, 0.2) is 5.75 Å². The summed E-state index contributed by atoms with van der Waals surface area (Å²) in [4.78, 5) is 37.0. The molecule has 1 N–H and O–H groups in total. The van der Waals surface area contributed by atoms with Crippen LogP contribution in [0.5, 0.6) is 5.75 Å². The number of ether oxygens (including phenoxy) is 1. The smallest absolute Gasteiger partial charge is 0.311 e. The average molecular weight is 393 g/mol. The molecule has 9 heteroatoms. The van der Waals surface area contributed by atoms with Crippen molar-refractivity contribution in [2.75, 3.05) is 13.7 Å². The van der Waals surface area contributed by atoms with Crippen LogP contribution in [0.25, 0.3) is 11.4 Å². The van der Waals surface area contributed by atoms with Crippen molar-refractivity contribution in [1.82, 2.24) is 19.9 Å². The quantitative estimate of drug-likeness (QED) is 0.522. The summed E-state index contributed by atoms with van der Waals surface area (Å²) in [6.07, 6.45) is 3.95. The maximum absolute atomic E-state index is 12.6. The van der Waals surface area contributed by atoms with Crippen molar-refractivity contribution in [2.24, 2.45) is 0 Å². The van der Waals surface area contributed by atoms with Gasteiger partial charge in [-0.15, -0.1) is 0 Å². The van der Waals surface area contributed by atoms with E-state index < -0.39 is 4.92 Å². The molecular formula is C20H19N5O4. The van der Waals surface area contributed by atoms with Crippen LogP contribution >= 0.6 is 0 Å². The number of benzene rings is 1. The van der Waals surface area contributed by atoms with Crippen molar-refractivity contribution in [1.29, 1.82) is 0 Å². The second-order valence-corrected chi connectivity index (χ2v) is 6.80. The molecule has 4 rings (SSSR count). The maximum Gasteiger partial charge on any atom is 0.311 e. The van der Waals surface area contributed by atoms with Gasteiger partial charge in [0.2, 0.25) is 0 Å². The first-order chi connectivity index (χ1) is 14.0. The highest BCUT2D eigenvalue weighted by Crippen LogP contribution is 2.28. The molecule has 1 aliphatic rings. The van der Waals surface area contributed by atoms with Crippen LogP contribution in [0.3, 0.4) is 0 Å². The van der Waals surface area contributed by atoms with Gasteiger partial charge in [0.05, 0.1) is 23.3 Å². The highest BCUT2D eigenvalue weighted by Gasteiger charge is 2.23. The Labute approximate surface area is 166 Å². The number of hydrogen-bond donors (Lipinski definition) is 1. The van der Waals surface area contributed by atoms with Crippen molar-refractivity contribution in [3.63, 3.8) is 0 Å². The molecule has 148 valence electrons. The van der Waals surface area contributed by atoms with Crippen LogP contribution < -0.4 is 10.3 Å². The van der Waals surface area contributed by atoms with E-state index in [-0.39, 0.29) is 17.0 Å². The van der Waals surface area contributed by atoms with Gasteiger partial charge in [-0.05, 0) is 23.8 Å². The topological polar surface area (TPSA) is 114 Å². The van der Waals surface area contributed by atoms with E-state index in [1.807, 2.05) is 0 Å². The Kier molecular flexibility index (Phi) is 5.05. The number of rotatable bonds is 5. The van der Waals surface area contributed by atoms with Gasteiger partial charge in [-0.3, -0.25) is 24.8 Å². The molecule has 0 spiro atoms. The molecule has 0 aliphatic carbocycles. The normalized spacial score (nSPS) is 13.7. The Bertz CT molecular complexity index is 1110. The van der Waals surface area contributed by atoms with E-state index in [1.165, 1.54) is 13.2 Å². The molecule has 0 amide bonds. The number of H-pyrrole nitrogens is 1. The molecular weight excluding hydrogens is 374 g/mol. The van der Waals surface area contributed by atoms with Gasteiger partial charge in [0.1, 0.15) is 5.82 Å². The van der Waals surface area contributed by atoms with Gasteiger partial charge in [0.25, 0.3) is 5.56 Å². The van der Waals surface area contributed by atoms with Crippen LogP contribution in [0.15, 0.2) is 47.5 Å². The van der Waals surface area contributed by atoms with Crippen molar-refractivity contribution >= 4 is 5.69 Å². The van der Waals surface area contributed by atoms with Gasteiger partial charge < -0.3 is 9.72 Å². The zero-order valence-corrected chi connectivity index (χ0v) is 15.8. The van der Waals surface area contributed by atoms with Gasteiger partial charge in [-0.25, -0.2) is 4.98 Å². The fourth-order valence-electron chi connectivity index (χ4n) is 3.50. The third kappa shape index (κ3) is 3.85. The molecule has 3 heterocycles. The van der Waals surface area contributed by atoms with Crippen LogP contribution in [0, 0.1) is 10.1 Å². The zero-order chi connectivity index (χ0) is 20.4. The summed E-state index contributed by atoms with van der Waals surface area (Å²) >= 11 is 0. The summed E-state index contributed by atoms with van der Waals surface area (Å²) in [5, 5.41) is 11.2. The SMILES string of the molecule is COc1ccc(CN2CCc3nc(-c4ccncc4)[nH]c(=O)c3C2)cc1[N+](=O)[O-]. The van der Waals surface area contributed by atoms with E-state index in [2.05, 4.69) is 19.9 Å². The number of hydrogen-bond acceptors (Lipinski definition) is 7. The van der Waals surface area contributed by atoms with Gasteiger partial charge >= 0.3 is 5.69 Å². The molecule has 0 unspecified atom stereocenters. The lowest BCUT2D eigenvalue weighted by atomic mass is 10.1. The number of nitrogens with zero attached hydrogens (tertiary/aromatic N) is 4. The Morgan fingerprint density at radius 3 is 2.79 bits per heavy atom. The third-order valence-electron chi connectivity index (χ3n) is 4.95. The minimum Gasteiger partial charge on any atom is -0.490 e. The number of nitrogens with one attached hydrogen (secondary N) is 1. The number of aromatic nitrogens is 3. The molecule has 0 saturated heterocycles. The third-order valence-corrected chi connectivity index (χ3v) is 4.95. The number of nitro benzene ring substituents is 1. The summed E-state index contributed by atoms with van der Waals surface area (Å²) in [5.74, 6) is 0.766. The molecule has 29 heavy (non-hydrogen) atoms. The molecule has 0 saturated carbocycles. The lowest BCUT2D eigenvalue weighted by Crippen LogP contribution is -2.35. The monoisotopic (exact) mass is 393 g/mol. The molecule has 3 aromatic rings. The Hall–Kier alpha value is -3.59. The molecule has 1 aromatic carbocycles. The molecule has 0 atom stereocenters. The first kappa shape index (κ1) is 18.8. The minimum atomic E-state index is -0.455. The maximum atomic E-state index is 12.6. The lowest BCUT2D eigenvalue weighted by molar-refractivity contribution is -0.385. The fourth-order valence-corrected chi connectivity index (χ4v) is 3.50. The summed E-state index contributed by atoms with van der Waals surface area (Å²) in [7, 11) is 1.41. The van der Waals surface area contributed by atoms with Gasteiger partial charge in [-0.2, -0.15) is 0 Å². The lowest BCUT2D eigenvalue weighted by Gasteiger charge is -2.27. The van der Waals surface area contributed by atoms with E-state index in [1.54, 1.807) is 36.7 Å². The van der Waals surface area contributed by atoms with Gasteiger partial charge in [0, 0.05) is 50.1 Å². The molecule has 2 aromatic heterocycles. The van der Waals surface area contributed by atoms with Crippen molar-refractivity contribution in [2.45, 2.75) is 19.5 Å². The zero-order valence-electron chi connectivity index (χ0n) is 15.8. The average Bonchev–Trinajstić information content (AvgIpc) is 2.74. The first-order valence-corrected chi connectivity index (χ1v) is 9.11. The Morgan fingerprint density at radius 2 is 2.07 bits per heavy atom. The molecule has 0 radical (unpaired) electrons. The van der Waals surface area contributed by atoms with Crippen LogP contribution in [0.4, 0.5) is 5.69 Å². The van der Waals surface area contributed by atoms with E-state index >= 15 is 0 Å². The second-order valence-electron chi connectivity index (χ2n) is 6.80. The van der Waals surface area contributed by atoms with E-state index in [0.717, 1.165) is 16.8 Å². The van der Waals surface area contributed by atoms with Crippen molar-refractivity contribution in [3.8, 4) is 17.1 Å². The van der Waals surface area contributed by atoms with Gasteiger partial charge in [-0.1, -0.05) is 6.07 Å². The van der Waals surface area contributed by atoms with E-state index in [4.69, 9.17) is 4.74 Å². The summed E-state index contributed by atoms with van der Waals surface area (Å²) in [5.41, 5.74) is 2.80. The molecule has 1 aliphatic heterocycles.